The lowest BCUT2D eigenvalue weighted by Crippen LogP contribution is -2.15. The van der Waals surface area contributed by atoms with Gasteiger partial charge in [-0.25, -0.2) is 0 Å². The quantitative estimate of drug-likeness (QED) is 0.837. The fourth-order valence-electron chi connectivity index (χ4n) is 1.38. The molecule has 7 heteroatoms. The van der Waals surface area contributed by atoms with Gasteiger partial charge in [0.1, 0.15) is 18.5 Å². The number of epoxide rings is 1. The molecule has 0 bridgehead atoms. The molecule has 1 saturated heterocycles. The molecule has 18 heavy (non-hydrogen) atoms. The lowest BCUT2D eigenvalue weighted by atomic mass is 10.1. The number of nitrogens with two attached hydrogens (primary N) is 1. The lowest BCUT2D eigenvalue weighted by molar-refractivity contribution is -0.139. The highest BCUT2D eigenvalue weighted by Gasteiger charge is 2.35. The molecule has 1 aliphatic heterocycles. The van der Waals surface area contributed by atoms with E-state index in [0.29, 0.717) is 12.7 Å². The summed E-state index contributed by atoms with van der Waals surface area (Å²) in [6.07, 6.45) is -4.76. The minimum Gasteiger partial charge on any atom is -0.490 e. The van der Waals surface area contributed by atoms with Gasteiger partial charge in [0.05, 0.1) is 12.2 Å². The molecule has 4 nitrogen and oxygen atoms in total. The number of benzene rings is 1. The first-order chi connectivity index (χ1) is 8.38. The van der Waals surface area contributed by atoms with Crippen molar-refractivity contribution in [2.24, 2.45) is 5.73 Å². The Hall–Kier alpha value is -1.76. The van der Waals surface area contributed by atoms with Crippen molar-refractivity contribution in [2.75, 3.05) is 13.2 Å². The summed E-state index contributed by atoms with van der Waals surface area (Å²) < 4.78 is 48.2. The van der Waals surface area contributed by atoms with Crippen LogP contribution in [0.5, 0.6) is 5.75 Å². The molecule has 1 unspecified atom stereocenters. The summed E-state index contributed by atoms with van der Waals surface area (Å²) in [6, 6.07) is 2.97. The standard InChI is InChI=1S/C11H10F3NO3/c12-11(13,14)8-3-6(10(15)16)1-2-9(8)18-5-7-4-17-7/h1-3,7H,4-5H2,(H2,15,16). The van der Waals surface area contributed by atoms with Gasteiger partial charge < -0.3 is 15.2 Å². The number of carbonyl (C=O) groups excluding carboxylic acids is 1. The molecule has 1 heterocycles. The lowest BCUT2D eigenvalue weighted by Gasteiger charge is -2.14. The number of rotatable bonds is 4. The Morgan fingerprint density at radius 3 is 2.67 bits per heavy atom. The van der Waals surface area contributed by atoms with Crippen molar-refractivity contribution in [3.63, 3.8) is 0 Å². The zero-order chi connectivity index (χ0) is 13.3. The maximum atomic E-state index is 12.8. The van der Waals surface area contributed by atoms with E-state index in [1.165, 1.54) is 6.07 Å². The summed E-state index contributed by atoms with van der Waals surface area (Å²) in [5.41, 5.74) is 3.72. The predicted octanol–water partition coefficient (Wildman–Crippen LogP) is 1.58. The molecule has 0 saturated carbocycles. The molecular weight excluding hydrogens is 251 g/mol. The van der Waals surface area contributed by atoms with E-state index in [2.05, 4.69) is 0 Å². The molecule has 1 aromatic carbocycles. The van der Waals surface area contributed by atoms with Crippen molar-refractivity contribution in [2.45, 2.75) is 12.3 Å². The van der Waals surface area contributed by atoms with Gasteiger partial charge in [-0.15, -0.1) is 0 Å². The van der Waals surface area contributed by atoms with Crippen molar-refractivity contribution in [3.05, 3.63) is 29.3 Å². The van der Waals surface area contributed by atoms with Crippen LogP contribution in [-0.4, -0.2) is 25.2 Å². The summed E-state index contributed by atoms with van der Waals surface area (Å²) in [5, 5.41) is 0. The number of hydrogen-bond donors (Lipinski definition) is 1. The number of alkyl halides is 3. The van der Waals surface area contributed by atoms with Crippen LogP contribution in [0.25, 0.3) is 0 Å². The van der Waals surface area contributed by atoms with E-state index >= 15 is 0 Å². The number of primary amides is 1. The van der Waals surface area contributed by atoms with Crippen molar-refractivity contribution in [1.29, 1.82) is 0 Å². The summed E-state index contributed by atoms with van der Waals surface area (Å²) >= 11 is 0. The highest BCUT2D eigenvalue weighted by atomic mass is 19.4. The van der Waals surface area contributed by atoms with Gasteiger partial charge in [0, 0.05) is 5.56 Å². The minimum atomic E-state index is -4.61. The highest BCUT2D eigenvalue weighted by Crippen LogP contribution is 2.37. The third-order valence-corrected chi connectivity index (χ3v) is 2.40. The van der Waals surface area contributed by atoms with Crippen molar-refractivity contribution in [3.8, 4) is 5.75 Å². The molecule has 0 aromatic heterocycles. The van der Waals surface area contributed by atoms with Gasteiger partial charge in [0.2, 0.25) is 5.91 Å². The molecule has 2 N–H and O–H groups in total. The van der Waals surface area contributed by atoms with E-state index in [-0.39, 0.29) is 24.0 Å². The van der Waals surface area contributed by atoms with Gasteiger partial charge in [-0.05, 0) is 18.2 Å². The molecule has 1 fully saturated rings. The van der Waals surface area contributed by atoms with Crippen LogP contribution in [0.1, 0.15) is 15.9 Å². The summed E-state index contributed by atoms with van der Waals surface area (Å²) in [4.78, 5) is 10.9. The number of hydrogen-bond acceptors (Lipinski definition) is 3. The fraction of sp³-hybridized carbons (Fsp3) is 0.364. The highest BCUT2D eigenvalue weighted by molar-refractivity contribution is 5.93. The van der Waals surface area contributed by atoms with Gasteiger partial charge in [-0.2, -0.15) is 13.2 Å². The van der Waals surface area contributed by atoms with Gasteiger partial charge in [0.15, 0.2) is 0 Å². The van der Waals surface area contributed by atoms with Crippen LogP contribution in [0.15, 0.2) is 18.2 Å². The Kier molecular flexibility index (Phi) is 3.16. The monoisotopic (exact) mass is 261 g/mol. The zero-order valence-corrected chi connectivity index (χ0v) is 9.16. The first-order valence-corrected chi connectivity index (χ1v) is 5.13. The molecule has 0 aliphatic carbocycles. The van der Waals surface area contributed by atoms with Gasteiger partial charge >= 0.3 is 6.18 Å². The van der Waals surface area contributed by atoms with Crippen LogP contribution >= 0.6 is 0 Å². The minimum absolute atomic E-state index is 0.0546. The molecular formula is C11H10F3NO3. The SMILES string of the molecule is NC(=O)c1ccc(OCC2CO2)c(C(F)(F)F)c1. The summed E-state index contributed by atoms with van der Waals surface area (Å²) in [6.45, 7) is 0.541. The smallest absolute Gasteiger partial charge is 0.419 e. The number of amides is 1. The van der Waals surface area contributed by atoms with Crippen molar-refractivity contribution in [1.82, 2.24) is 0 Å². The second kappa shape index (κ2) is 4.49. The van der Waals surface area contributed by atoms with Crippen LogP contribution in [0, 0.1) is 0 Å². The summed E-state index contributed by atoms with van der Waals surface area (Å²) in [5.74, 6) is -1.25. The van der Waals surface area contributed by atoms with E-state index in [9.17, 15) is 18.0 Å². The van der Waals surface area contributed by atoms with E-state index in [4.69, 9.17) is 15.2 Å². The van der Waals surface area contributed by atoms with Crippen LogP contribution in [0.3, 0.4) is 0 Å². The second-order valence-electron chi connectivity index (χ2n) is 3.84. The number of carbonyl (C=O) groups is 1. The molecule has 1 aromatic rings. The maximum absolute atomic E-state index is 12.8. The molecule has 2 rings (SSSR count). The van der Waals surface area contributed by atoms with E-state index in [1.807, 2.05) is 0 Å². The van der Waals surface area contributed by atoms with E-state index in [0.717, 1.165) is 6.07 Å². The van der Waals surface area contributed by atoms with Gasteiger partial charge in [0.25, 0.3) is 0 Å². The summed E-state index contributed by atoms with van der Waals surface area (Å²) in [7, 11) is 0. The average molecular weight is 261 g/mol. The van der Waals surface area contributed by atoms with Crippen molar-refractivity contribution < 1.29 is 27.4 Å². The Labute approximate surface area is 100 Å². The number of ether oxygens (including phenoxy) is 2. The largest absolute Gasteiger partial charge is 0.490 e. The van der Waals surface area contributed by atoms with Gasteiger partial charge in [-0.3, -0.25) is 4.79 Å². The van der Waals surface area contributed by atoms with Crippen LogP contribution in [-0.2, 0) is 10.9 Å². The molecule has 0 spiro atoms. The van der Waals surface area contributed by atoms with Crippen molar-refractivity contribution >= 4 is 5.91 Å². The Balaban J connectivity index is 2.28. The second-order valence-corrected chi connectivity index (χ2v) is 3.84. The number of halogens is 3. The van der Waals surface area contributed by atoms with E-state index < -0.39 is 17.6 Å². The third kappa shape index (κ3) is 2.92. The first-order valence-electron chi connectivity index (χ1n) is 5.13. The Morgan fingerprint density at radius 2 is 2.17 bits per heavy atom. The fourth-order valence-corrected chi connectivity index (χ4v) is 1.38. The van der Waals surface area contributed by atoms with E-state index in [1.54, 1.807) is 0 Å². The topological polar surface area (TPSA) is 64.9 Å². The van der Waals surface area contributed by atoms with Gasteiger partial charge in [-0.1, -0.05) is 0 Å². The van der Waals surface area contributed by atoms with Crippen LogP contribution in [0.2, 0.25) is 0 Å². The molecule has 1 aliphatic rings. The molecule has 1 amide bonds. The van der Waals surface area contributed by atoms with Crippen LogP contribution < -0.4 is 10.5 Å². The Bertz CT molecular complexity index is 469. The van der Waals surface area contributed by atoms with Crippen LogP contribution in [0.4, 0.5) is 13.2 Å². The molecule has 1 atom stereocenters. The zero-order valence-electron chi connectivity index (χ0n) is 9.16. The Morgan fingerprint density at radius 1 is 1.50 bits per heavy atom. The average Bonchev–Trinajstić information content (AvgIpc) is 3.08. The molecule has 0 radical (unpaired) electrons. The maximum Gasteiger partial charge on any atom is 0.419 e. The molecule has 98 valence electrons. The predicted molar refractivity (Wildman–Crippen MR) is 55.2 cm³/mol. The third-order valence-electron chi connectivity index (χ3n) is 2.40. The first kappa shape index (κ1) is 12.7. The normalized spacial score (nSPS) is 18.5.